The zero-order valence-corrected chi connectivity index (χ0v) is 11.0. The number of aldehydes is 1. The van der Waals surface area contributed by atoms with E-state index in [0.29, 0.717) is 10.6 Å². The zero-order chi connectivity index (χ0) is 13.1. The topological polar surface area (TPSA) is 33.2 Å². The number of pyridine rings is 1. The minimum Gasteiger partial charge on any atom is -0.363 e. The number of carbonyl (C=O) groups is 1. The molecule has 92 valence electrons. The molecule has 0 N–H and O–H groups in total. The van der Waals surface area contributed by atoms with Crippen molar-refractivity contribution >= 4 is 23.7 Å². The van der Waals surface area contributed by atoms with Crippen LogP contribution in [0.2, 0.25) is 5.02 Å². The summed E-state index contributed by atoms with van der Waals surface area (Å²) in [6.45, 7) is 0. The van der Waals surface area contributed by atoms with Crippen LogP contribution in [0.4, 0.5) is 5.82 Å². The van der Waals surface area contributed by atoms with E-state index in [1.54, 1.807) is 18.3 Å². The van der Waals surface area contributed by atoms with Crippen molar-refractivity contribution in [1.82, 2.24) is 4.98 Å². The van der Waals surface area contributed by atoms with Crippen molar-refractivity contribution < 1.29 is 4.79 Å². The predicted octanol–water partition coefficient (Wildman–Crippen LogP) is 3.28. The van der Waals surface area contributed by atoms with Crippen molar-refractivity contribution in [2.75, 3.05) is 19.0 Å². The smallest absolute Gasteiger partial charge is 0.151 e. The number of rotatable bonds is 3. The molecule has 1 aromatic heterocycles. The summed E-state index contributed by atoms with van der Waals surface area (Å²) in [5.74, 6) is 0.892. The Morgan fingerprint density at radius 1 is 1.17 bits per heavy atom. The lowest BCUT2D eigenvalue weighted by Gasteiger charge is -2.11. The van der Waals surface area contributed by atoms with Crippen LogP contribution in [0.1, 0.15) is 10.4 Å². The predicted molar refractivity (Wildman–Crippen MR) is 74.4 cm³/mol. The maximum atomic E-state index is 10.8. The third-order valence-corrected chi connectivity index (χ3v) is 3.01. The quantitative estimate of drug-likeness (QED) is 0.794. The molecule has 0 radical (unpaired) electrons. The molecule has 4 heteroatoms. The van der Waals surface area contributed by atoms with Gasteiger partial charge in [0.1, 0.15) is 5.82 Å². The first kappa shape index (κ1) is 12.6. The van der Waals surface area contributed by atoms with Crippen LogP contribution in [0.5, 0.6) is 0 Å². The van der Waals surface area contributed by atoms with Gasteiger partial charge in [0.05, 0.1) is 5.02 Å². The molecule has 2 rings (SSSR count). The molecule has 1 heterocycles. The second-order valence-electron chi connectivity index (χ2n) is 4.15. The molecule has 0 aliphatic rings. The second-order valence-corrected chi connectivity index (χ2v) is 4.56. The highest BCUT2D eigenvalue weighted by molar-refractivity contribution is 6.33. The van der Waals surface area contributed by atoms with Crippen LogP contribution in [0.3, 0.4) is 0 Å². The third-order valence-electron chi connectivity index (χ3n) is 2.66. The van der Waals surface area contributed by atoms with Gasteiger partial charge in [-0.1, -0.05) is 17.7 Å². The summed E-state index contributed by atoms with van der Waals surface area (Å²) in [7, 11) is 3.88. The van der Waals surface area contributed by atoms with Gasteiger partial charge in [-0.15, -0.1) is 0 Å². The zero-order valence-electron chi connectivity index (χ0n) is 10.2. The molecule has 0 amide bonds. The summed E-state index contributed by atoms with van der Waals surface area (Å²) < 4.78 is 0. The lowest BCUT2D eigenvalue weighted by molar-refractivity contribution is 0.112. The largest absolute Gasteiger partial charge is 0.363 e. The molecule has 0 atom stereocenters. The van der Waals surface area contributed by atoms with Gasteiger partial charge in [-0.3, -0.25) is 4.79 Å². The van der Waals surface area contributed by atoms with E-state index >= 15 is 0 Å². The molecule has 0 bridgehead atoms. The van der Waals surface area contributed by atoms with Gasteiger partial charge < -0.3 is 4.90 Å². The first-order valence-corrected chi connectivity index (χ1v) is 5.88. The number of aromatic nitrogens is 1. The SMILES string of the molecule is CN(C)c1ccc(-c2ccc(Cl)c(C=O)c2)cn1. The van der Waals surface area contributed by atoms with E-state index in [0.717, 1.165) is 23.2 Å². The van der Waals surface area contributed by atoms with Gasteiger partial charge in [-0.2, -0.15) is 0 Å². The number of anilines is 1. The molecular weight excluding hydrogens is 248 g/mol. The number of benzene rings is 1. The average molecular weight is 261 g/mol. The first-order valence-electron chi connectivity index (χ1n) is 5.50. The molecular formula is C14H13ClN2O. The highest BCUT2D eigenvalue weighted by Gasteiger charge is 2.04. The molecule has 0 spiro atoms. The van der Waals surface area contributed by atoms with Gasteiger partial charge in [-0.05, 0) is 29.8 Å². The third kappa shape index (κ3) is 2.51. The highest BCUT2D eigenvalue weighted by Crippen LogP contribution is 2.24. The summed E-state index contributed by atoms with van der Waals surface area (Å²) in [5, 5.41) is 0.464. The molecule has 3 nitrogen and oxygen atoms in total. The van der Waals surface area contributed by atoms with E-state index in [2.05, 4.69) is 4.98 Å². The Morgan fingerprint density at radius 3 is 2.44 bits per heavy atom. The minimum atomic E-state index is 0.464. The summed E-state index contributed by atoms with van der Waals surface area (Å²) in [4.78, 5) is 17.1. The van der Waals surface area contributed by atoms with E-state index in [4.69, 9.17) is 11.6 Å². The maximum absolute atomic E-state index is 10.8. The number of halogens is 1. The fourth-order valence-corrected chi connectivity index (χ4v) is 1.80. The molecule has 0 fully saturated rings. The Hall–Kier alpha value is -1.87. The van der Waals surface area contributed by atoms with E-state index in [1.165, 1.54) is 0 Å². The summed E-state index contributed by atoms with van der Waals surface area (Å²) in [6, 6.07) is 9.27. The van der Waals surface area contributed by atoms with Gasteiger partial charge in [0, 0.05) is 31.4 Å². The molecule has 0 saturated heterocycles. The van der Waals surface area contributed by atoms with Crippen LogP contribution in [-0.2, 0) is 0 Å². The summed E-state index contributed by atoms with van der Waals surface area (Å²) >= 11 is 5.90. The van der Waals surface area contributed by atoms with Crippen LogP contribution in [0, 0.1) is 0 Å². The van der Waals surface area contributed by atoms with Crippen molar-refractivity contribution in [3.8, 4) is 11.1 Å². The number of carbonyl (C=O) groups excluding carboxylic acids is 1. The first-order chi connectivity index (χ1) is 8.61. The Balaban J connectivity index is 2.39. The fourth-order valence-electron chi connectivity index (χ4n) is 1.63. The lowest BCUT2D eigenvalue weighted by Crippen LogP contribution is -2.09. The number of hydrogen-bond donors (Lipinski definition) is 0. The highest BCUT2D eigenvalue weighted by atomic mass is 35.5. The second kappa shape index (κ2) is 5.19. The summed E-state index contributed by atoms with van der Waals surface area (Å²) in [6.07, 6.45) is 2.54. The van der Waals surface area contributed by atoms with Gasteiger partial charge in [0.25, 0.3) is 0 Å². The molecule has 0 aliphatic heterocycles. The van der Waals surface area contributed by atoms with Crippen molar-refractivity contribution in [2.45, 2.75) is 0 Å². The average Bonchev–Trinajstić information content (AvgIpc) is 2.39. The molecule has 2 aromatic rings. The Kier molecular flexibility index (Phi) is 3.63. The van der Waals surface area contributed by atoms with Crippen LogP contribution in [0.15, 0.2) is 36.5 Å². The Morgan fingerprint density at radius 2 is 1.89 bits per heavy atom. The van der Waals surface area contributed by atoms with Crippen molar-refractivity contribution in [3.05, 3.63) is 47.1 Å². The molecule has 18 heavy (non-hydrogen) atoms. The number of hydrogen-bond acceptors (Lipinski definition) is 3. The fraction of sp³-hybridized carbons (Fsp3) is 0.143. The molecule has 0 aliphatic carbocycles. The van der Waals surface area contributed by atoms with Crippen molar-refractivity contribution in [1.29, 1.82) is 0 Å². The van der Waals surface area contributed by atoms with E-state index in [-0.39, 0.29) is 0 Å². The monoisotopic (exact) mass is 260 g/mol. The maximum Gasteiger partial charge on any atom is 0.151 e. The number of nitrogens with zero attached hydrogens (tertiary/aromatic N) is 2. The Labute approximate surface area is 111 Å². The van der Waals surface area contributed by atoms with Crippen LogP contribution < -0.4 is 4.90 Å². The van der Waals surface area contributed by atoms with Crippen LogP contribution in [0.25, 0.3) is 11.1 Å². The normalized spacial score (nSPS) is 10.2. The molecule has 0 saturated carbocycles. The van der Waals surface area contributed by atoms with Crippen LogP contribution in [-0.4, -0.2) is 25.4 Å². The lowest BCUT2D eigenvalue weighted by atomic mass is 10.1. The Bertz CT molecular complexity index is 565. The van der Waals surface area contributed by atoms with Crippen molar-refractivity contribution in [2.24, 2.45) is 0 Å². The van der Waals surface area contributed by atoms with E-state index in [9.17, 15) is 4.79 Å². The van der Waals surface area contributed by atoms with E-state index in [1.807, 2.05) is 37.2 Å². The van der Waals surface area contributed by atoms with E-state index < -0.39 is 0 Å². The standard InChI is InChI=1S/C14H13ClN2O/c1-17(2)14-6-4-11(8-16-14)10-3-5-13(15)12(7-10)9-18/h3-9H,1-2H3. The molecule has 0 unspecified atom stereocenters. The summed E-state index contributed by atoms with van der Waals surface area (Å²) in [5.41, 5.74) is 2.38. The minimum absolute atomic E-state index is 0.464. The van der Waals surface area contributed by atoms with Crippen molar-refractivity contribution in [3.63, 3.8) is 0 Å². The van der Waals surface area contributed by atoms with Gasteiger partial charge in [0.15, 0.2) is 6.29 Å². The van der Waals surface area contributed by atoms with Gasteiger partial charge in [-0.25, -0.2) is 4.98 Å². The van der Waals surface area contributed by atoms with Gasteiger partial charge >= 0.3 is 0 Å². The molecule has 1 aromatic carbocycles. The van der Waals surface area contributed by atoms with Gasteiger partial charge in [0.2, 0.25) is 0 Å². The van der Waals surface area contributed by atoms with Crippen LogP contribution >= 0.6 is 11.6 Å².